The predicted molar refractivity (Wildman–Crippen MR) is 93.3 cm³/mol. The Hall–Kier alpha value is -1.98. The molecule has 0 saturated carbocycles. The number of nitrogens with zero attached hydrogens (tertiary/aromatic N) is 2. The molecule has 7 heteroatoms. The molecular formula is C17H16Cl2N2O3. The first-order valence-corrected chi connectivity index (χ1v) is 8.19. The minimum atomic E-state index is 0.117. The summed E-state index contributed by atoms with van der Waals surface area (Å²) in [5, 5.41) is 0.934. The third-order valence-electron chi connectivity index (χ3n) is 3.67. The van der Waals surface area contributed by atoms with Crippen LogP contribution in [-0.4, -0.2) is 17.1 Å². The third kappa shape index (κ3) is 3.14. The molecule has 2 aromatic heterocycles. The fraction of sp³-hybridized carbons (Fsp3) is 0.294. The van der Waals surface area contributed by atoms with E-state index < -0.39 is 0 Å². The number of aromatic nitrogens is 2. The highest BCUT2D eigenvalue weighted by Gasteiger charge is 2.15. The van der Waals surface area contributed by atoms with Gasteiger partial charge in [0.25, 0.3) is 5.88 Å². The van der Waals surface area contributed by atoms with Crippen LogP contribution in [0.4, 0.5) is 0 Å². The Bertz CT molecular complexity index is 854. The Labute approximate surface area is 149 Å². The summed E-state index contributed by atoms with van der Waals surface area (Å²) < 4.78 is 16.7. The number of hydrogen-bond donors (Lipinski definition) is 0. The average molecular weight is 367 g/mol. The van der Waals surface area contributed by atoms with Gasteiger partial charge in [0.1, 0.15) is 5.52 Å². The molecule has 0 aliphatic carbocycles. The summed E-state index contributed by atoms with van der Waals surface area (Å²) in [4.78, 5) is 8.74. The first-order chi connectivity index (χ1) is 11.5. The molecule has 126 valence electrons. The van der Waals surface area contributed by atoms with E-state index in [2.05, 4.69) is 16.9 Å². The van der Waals surface area contributed by atoms with Crippen LogP contribution in [0.3, 0.4) is 0 Å². The van der Waals surface area contributed by atoms with Crippen LogP contribution >= 0.6 is 23.2 Å². The van der Waals surface area contributed by atoms with E-state index in [0.717, 1.165) is 17.7 Å². The Balaban J connectivity index is 1.88. The van der Waals surface area contributed by atoms with E-state index in [9.17, 15) is 0 Å². The molecule has 1 aromatic carbocycles. The van der Waals surface area contributed by atoms with Crippen molar-refractivity contribution in [1.29, 1.82) is 0 Å². The SMILES string of the molecule is CCc1cc(OCc2nc3c(Cl)ccc(Cl)c3o2)c(OC)nc1C. The second kappa shape index (κ2) is 6.87. The van der Waals surface area contributed by atoms with Gasteiger partial charge < -0.3 is 13.9 Å². The Morgan fingerprint density at radius 3 is 2.58 bits per heavy atom. The summed E-state index contributed by atoms with van der Waals surface area (Å²) in [6.45, 7) is 4.12. The maximum Gasteiger partial charge on any atom is 0.257 e. The van der Waals surface area contributed by atoms with Gasteiger partial charge in [-0.15, -0.1) is 0 Å². The molecule has 0 saturated heterocycles. The summed E-state index contributed by atoms with van der Waals surface area (Å²) in [6, 6.07) is 5.27. The Morgan fingerprint density at radius 1 is 1.17 bits per heavy atom. The van der Waals surface area contributed by atoms with E-state index in [-0.39, 0.29) is 6.61 Å². The summed E-state index contributed by atoms with van der Waals surface area (Å²) in [5.74, 6) is 1.34. The Kier molecular flexibility index (Phi) is 4.83. The lowest BCUT2D eigenvalue weighted by molar-refractivity contribution is 0.249. The highest BCUT2D eigenvalue weighted by molar-refractivity contribution is 6.39. The van der Waals surface area contributed by atoms with E-state index in [1.807, 2.05) is 13.0 Å². The fourth-order valence-electron chi connectivity index (χ4n) is 2.40. The zero-order valence-corrected chi connectivity index (χ0v) is 15.0. The van der Waals surface area contributed by atoms with Crippen LogP contribution in [0.15, 0.2) is 22.6 Å². The minimum Gasteiger partial charge on any atom is -0.478 e. The largest absolute Gasteiger partial charge is 0.478 e. The molecule has 3 rings (SSSR count). The molecule has 3 aromatic rings. The molecule has 0 spiro atoms. The van der Waals surface area contributed by atoms with Crippen molar-refractivity contribution in [3.8, 4) is 11.6 Å². The quantitative estimate of drug-likeness (QED) is 0.636. The van der Waals surface area contributed by atoms with Crippen LogP contribution in [0.25, 0.3) is 11.1 Å². The van der Waals surface area contributed by atoms with E-state index in [0.29, 0.717) is 38.7 Å². The number of benzene rings is 1. The standard InChI is InChI=1S/C17H16Cl2N2O3/c1-4-10-7-13(17(22-3)20-9(10)2)23-8-14-21-15-11(18)5-6-12(19)16(15)24-14/h5-7H,4,8H2,1-3H3. The van der Waals surface area contributed by atoms with Gasteiger partial charge in [0, 0.05) is 5.69 Å². The van der Waals surface area contributed by atoms with Crippen molar-refractivity contribution < 1.29 is 13.9 Å². The number of ether oxygens (including phenoxy) is 2. The van der Waals surface area contributed by atoms with Crippen LogP contribution < -0.4 is 9.47 Å². The van der Waals surface area contributed by atoms with Crippen LogP contribution in [0.1, 0.15) is 24.1 Å². The van der Waals surface area contributed by atoms with E-state index in [1.54, 1.807) is 19.2 Å². The number of rotatable bonds is 5. The predicted octanol–water partition coefficient (Wildman–Crippen LogP) is 4.99. The van der Waals surface area contributed by atoms with E-state index in [1.165, 1.54) is 0 Å². The fourth-order valence-corrected chi connectivity index (χ4v) is 2.78. The second-order valence-electron chi connectivity index (χ2n) is 5.20. The van der Waals surface area contributed by atoms with Crippen molar-refractivity contribution in [3.63, 3.8) is 0 Å². The molecular weight excluding hydrogens is 351 g/mol. The number of aryl methyl sites for hydroxylation is 2. The summed E-state index contributed by atoms with van der Waals surface area (Å²) in [7, 11) is 1.55. The van der Waals surface area contributed by atoms with Gasteiger partial charge in [-0.25, -0.2) is 9.97 Å². The van der Waals surface area contributed by atoms with Crippen LogP contribution in [0, 0.1) is 6.92 Å². The number of pyridine rings is 1. The van der Waals surface area contributed by atoms with Gasteiger partial charge in [0.05, 0.1) is 17.2 Å². The minimum absolute atomic E-state index is 0.117. The summed E-state index contributed by atoms with van der Waals surface area (Å²) in [5.41, 5.74) is 2.98. The molecule has 0 bridgehead atoms. The van der Waals surface area contributed by atoms with Crippen LogP contribution in [-0.2, 0) is 13.0 Å². The summed E-state index contributed by atoms with van der Waals surface area (Å²) >= 11 is 12.2. The molecule has 2 heterocycles. The van der Waals surface area contributed by atoms with Gasteiger partial charge >= 0.3 is 0 Å². The maximum atomic E-state index is 6.11. The Morgan fingerprint density at radius 2 is 1.92 bits per heavy atom. The topological polar surface area (TPSA) is 57.4 Å². The van der Waals surface area contributed by atoms with Crippen molar-refractivity contribution in [2.24, 2.45) is 0 Å². The lowest BCUT2D eigenvalue weighted by Crippen LogP contribution is -2.02. The van der Waals surface area contributed by atoms with Gasteiger partial charge in [-0.1, -0.05) is 30.1 Å². The monoisotopic (exact) mass is 366 g/mol. The molecule has 0 unspecified atom stereocenters. The first kappa shape index (κ1) is 16.9. The van der Waals surface area contributed by atoms with E-state index >= 15 is 0 Å². The van der Waals surface area contributed by atoms with Crippen molar-refractivity contribution >= 4 is 34.3 Å². The third-order valence-corrected chi connectivity index (χ3v) is 4.27. The molecule has 5 nitrogen and oxygen atoms in total. The molecule has 0 radical (unpaired) electrons. The molecule has 24 heavy (non-hydrogen) atoms. The van der Waals surface area contributed by atoms with Crippen molar-refractivity contribution in [2.45, 2.75) is 26.9 Å². The van der Waals surface area contributed by atoms with Crippen LogP contribution in [0.2, 0.25) is 10.0 Å². The van der Waals surface area contributed by atoms with Gasteiger partial charge in [0.2, 0.25) is 5.89 Å². The number of halogens is 2. The molecule has 0 amide bonds. The van der Waals surface area contributed by atoms with E-state index in [4.69, 9.17) is 37.1 Å². The summed E-state index contributed by atoms with van der Waals surface area (Å²) in [6.07, 6.45) is 0.854. The zero-order chi connectivity index (χ0) is 17.3. The number of oxazole rings is 1. The highest BCUT2D eigenvalue weighted by Crippen LogP contribution is 2.32. The zero-order valence-electron chi connectivity index (χ0n) is 13.5. The van der Waals surface area contributed by atoms with Crippen molar-refractivity contribution in [3.05, 3.63) is 45.4 Å². The maximum absolute atomic E-state index is 6.11. The number of hydrogen-bond acceptors (Lipinski definition) is 5. The van der Waals surface area contributed by atoms with Gasteiger partial charge in [-0.3, -0.25) is 0 Å². The molecule has 0 fully saturated rings. The van der Waals surface area contributed by atoms with Gasteiger partial charge in [-0.2, -0.15) is 0 Å². The molecule has 0 aliphatic heterocycles. The van der Waals surface area contributed by atoms with Crippen LogP contribution in [0.5, 0.6) is 11.6 Å². The molecule has 0 N–H and O–H groups in total. The molecule has 0 atom stereocenters. The highest BCUT2D eigenvalue weighted by atomic mass is 35.5. The van der Waals surface area contributed by atoms with Gasteiger partial charge in [-0.05, 0) is 37.1 Å². The number of methoxy groups -OCH3 is 1. The lowest BCUT2D eigenvalue weighted by atomic mass is 10.1. The normalized spacial score (nSPS) is 11.0. The smallest absolute Gasteiger partial charge is 0.257 e. The first-order valence-electron chi connectivity index (χ1n) is 7.44. The lowest BCUT2D eigenvalue weighted by Gasteiger charge is -2.11. The second-order valence-corrected chi connectivity index (χ2v) is 6.01. The number of fused-ring (bicyclic) bond motifs is 1. The van der Waals surface area contributed by atoms with Gasteiger partial charge in [0.15, 0.2) is 17.9 Å². The average Bonchev–Trinajstić information content (AvgIpc) is 3.02. The molecule has 0 aliphatic rings. The van der Waals surface area contributed by atoms with Crippen molar-refractivity contribution in [1.82, 2.24) is 9.97 Å². The van der Waals surface area contributed by atoms with Crippen molar-refractivity contribution in [2.75, 3.05) is 7.11 Å².